The average molecular weight is 214 g/mol. The maximum atomic E-state index is 11.7. The lowest BCUT2D eigenvalue weighted by atomic mass is 9.82. The molecule has 1 amide bonds. The summed E-state index contributed by atoms with van der Waals surface area (Å²) in [6, 6.07) is 0. The van der Waals surface area contributed by atoms with Crippen LogP contribution in [0.3, 0.4) is 0 Å². The third-order valence-electron chi connectivity index (χ3n) is 2.96. The number of nitrogens with zero attached hydrogens (tertiary/aromatic N) is 1. The molecule has 4 heteroatoms. The highest BCUT2D eigenvalue weighted by molar-refractivity contribution is 5.78. The number of carbonyl (C=O) groups is 1. The van der Waals surface area contributed by atoms with Crippen LogP contribution < -0.4 is 5.73 Å². The van der Waals surface area contributed by atoms with E-state index in [2.05, 4.69) is 0 Å². The number of aliphatic hydroxyl groups is 1. The molecule has 0 radical (unpaired) electrons. The number of likely N-dealkylation sites (tertiary alicyclic amines) is 1. The van der Waals surface area contributed by atoms with Gasteiger partial charge in [0, 0.05) is 12.0 Å². The topological polar surface area (TPSA) is 66.6 Å². The van der Waals surface area contributed by atoms with E-state index in [1.807, 2.05) is 27.7 Å². The minimum Gasteiger partial charge on any atom is -0.386 e. The fraction of sp³-hybridized carbons (Fsp3) is 0.909. The van der Waals surface area contributed by atoms with E-state index in [1.165, 1.54) is 0 Å². The lowest BCUT2D eigenvalue weighted by Crippen LogP contribution is -2.66. The van der Waals surface area contributed by atoms with Gasteiger partial charge in [-0.05, 0) is 19.8 Å². The number of hydrogen-bond donors (Lipinski definition) is 2. The van der Waals surface area contributed by atoms with Crippen LogP contribution in [-0.4, -0.2) is 40.1 Å². The summed E-state index contributed by atoms with van der Waals surface area (Å²) in [4.78, 5) is 13.4. The number of carbonyl (C=O) groups excluding carboxylic acids is 1. The van der Waals surface area contributed by atoms with Crippen LogP contribution in [0.15, 0.2) is 0 Å². The Morgan fingerprint density at radius 3 is 2.33 bits per heavy atom. The average Bonchev–Trinajstić information content (AvgIpc) is 1.94. The van der Waals surface area contributed by atoms with Gasteiger partial charge in [0.1, 0.15) is 5.60 Å². The SMILES string of the molecule is CC(C)C1(O)CN(C(=O)CC(C)(C)N)C1. The highest BCUT2D eigenvalue weighted by atomic mass is 16.3. The van der Waals surface area contributed by atoms with Crippen molar-refractivity contribution in [1.29, 1.82) is 0 Å². The summed E-state index contributed by atoms with van der Waals surface area (Å²) < 4.78 is 0. The van der Waals surface area contributed by atoms with Crippen molar-refractivity contribution in [3.63, 3.8) is 0 Å². The smallest absolute Gasteiger partial charge is 0.224 e. The predicted molar refractivity (Wildman–Crippen MR) is 59.3 cm³/mol. The van der Waals surface area contributed by atoms with Crippen LogP contribution in [-0.2, 0) is 4.79 Å². The van der Waals surface area contributed by atoms with Crippen molar-refractivity contribution < 1.29 is 9.90 Å². The van der Waals surface area contributed by atoms with E-state index in [4.69, 9.17) is 5.73 Å². The van der Waals surface area contributed by atoms with Gasteiger partial charge in [0.2, 0.25) is 5.91 Å². The summed E-state index contributed by atoms with van der Waals surface area (Å²) in [5.41, 5.74) is 4.61. The Morgan fingerprint density at radius 2 is 2.00 bits per heavy atom. The molecule has 0 aromatic rings. The Bertz CT molecular complexity index is 250. The Labute approximate surface area is 91.4 Å². The Kier molecular flexibility index (Phi) is 3.12. The molecule has 0 aromatic heterocycles. The fourth-order valence-electron chi connectivity index (χ4n) is 1.66. The molecule has 1 rings (SSSR count). The Balaban J connectivity index is 2.42. The lowest BCUT2D eigenvalue weighted by Gasteiger charge is -2.49. The Hall–Kier alpha value is -0.610. The van der Waals surface area contributed by atoms with E-state index < -0.39 is 11.1 Å². The number of rotatable bonds is 3. The van der Waals surface area contributed by atoms with Gasteiger partial charge in [0.25, 0.3) is 0 Å². The fourth-order valence-corrected chi connectivity index (χ4v) is 1.66. The molecule has 3 N–H and O–H groups in total. The van der Waals surface area contributed by atoms with Gasteiger partial charge in [0.05, 0.1) is 13.1 Å². The molecule has 0 saturated carbocycles. The third kappa shape index (κ3) is 2.92. The van der Waals surface area contributed by atoms with Gasteiger partial charge in [-0.25, -0.2) is 0 Å². The molecular formula is C11H22N2O2. The van der Waals surface area contributed by atoms with Crippen LogP contribution in [0, 0.1) is 5.92 Å². The predicted octanol–water partition coefficient (Wildman–Crippen LogP) is 0.343. The summed E-state index contributed by atoms with van der Waals surface area (Å²) in [6.07, 6.45) is 0.334. The summed E-state index contributed by atoms with van der Waals surface area (Å²) in [6.45, 7) is 8.49. The summed E-state index contributed by atoms with van der Waals surface area (Å²) in [5.74, 6) is 0.222. The lowest BCUT2D eigenvalue weighted by molar-refractivity contribution is -0.164. The molecule has 1 aliphatic heterocycles. The second-order valence-electron chi connectivity index (χ2n) is 5.67. The van der Waals surface area contributed by atoms with Crippen molar-refractivity contribution in [2.75, 3.05) is 13.1 Å². The van der Waals surface area contributed by atoms with Crippen LogP contribution in [0.1, 0.15) is 34.1 Å². The van der Waals surface area contributed by atoms with E-state index >= 15 is 0 Å². The van der Waals surface area contributed by atoms with E-state index in [0.717, 1.165) is 0 Å². The normalized spacial score (nSPS) is 20.3. The molecule has 4 nitrogen and oxygen atoms in total. The summed E-state index contributed by atoms with van der Waals surface area (Å²) in [5, 5.41) is 9.98. The maximum Gasteiger partial charge on any atom is 0.224 e. The first-order chi connectivity index (χ1) is 6.64. The number of β-amino-alcohol motifs (C(OH)–C–C–N with tert-alkyl or cyclic N) is 1. The largest absolute Gasteiger partial charge is 0.386 e. The molecule has 0 aliphatic carbocycles. The van der Waals surface area contributed by atoms with Crippen LogP contribution in [0.4, 0.5) is 0 Å². The summed E-state index contributed by atoms with van der Waals surface area (Å²) >= 11 is 0. The molecule has 0 unspecified atom stereocenters. The number of hydrogen-bond acceptors (Lipinski definition) is 3. The van der Waals surface area contributed by atoms with E-state index in [0.29, 0.717) is 19.5 Å². The minimum absolute atomic E-state index is 0.0350. The van der Waals surface area contributed by atoms with Crippen molar-refractivity contribution in [2.45, 2.75) is 45.3 Å². The number of nitrogens with two attached hydrogens (primary N) is 1. The summed E-state index contributed by atoms with van der Waals surface area (Å²) in [7, 11) is 0. The van der Waals surface area contributed by atoms with Gasteiger partial charge in [0.15, 0.2) is 0 Å². The molecule has 0 atom stereocenters. The van der Waals surface area contributed by atoms with Gasteiger partial charge in [-0.3, -0.25) is 4.79 Å². The van der Waals surface area contributed by atoms with Gasteiger partial charge in [-0.2, -0.15) is 0 Å². The third-order valence-corrected chi connectivity index (χ3v) is 2.96. The van der Waals surface area contributed by atoms with E-state index in [-0.39, 0.29) is 11.8 Å². The van der Waals surface area contributed by atoms with Crippen LogP contribution in [0.25, 0.3) is 0 Å². The second-order valence-corrected chi connectivity index (χ2v) is 5.67. The maximum absolute atomic E-state index is 11.7. The minimum atomic E-state index is -0.686. The van der Waals surface area contributed by atoms with Crippen LogP contribution in [0.5, 0.6) is 0 Å². The van der Waals surface area contributed by atoms with Gasteiger partial charge < -0.3 is 15.7 Å². The molecule has 15 heavy (non-hydrogen) atoms. The van der Waals surface area contributed by atoms with Crippen LogP contribution in [0.2, 0.25) is 0 Å². The zero-order chi connectivity index (χ0) is 11.9. The van der Waals surface area contributed by atoms with Crippen molar-refractivity contribution in [2.24, 2.45) is 11.7 Å². The first kappa shape index (κ1) is 12.5. The van der Waals surface area contributed by atoms with Crippen molar-refractivity contribution in [3.05, 3.63) is 0 Å². The highest BCUT2D eigenvalue weighted by Crippen LogP contribution is 2.29. The zero-order valence-corrected chi connectivity index (χ0v) is 10.1. The quantitative estimate of drug-likeness (QED) is 0.712. The van der Waals surface area contributed by atoms with E-state index in [1.54, 1.807) is 4.90 Å². The molecule has 0 spiro atoms. The first-order valence-electron chi connectivity index (χ1n) is 5.43. The van der Waals surface area contributed by atoms with Crippen molar-refractivity contribution >= 4 is 5.91 Å². The van der Waals surface area contributed by atoms with E-state index in [9.17, 15) is 9.90 Å². The molecule has 1 saturated heterocycles. The van der Waals surface area contributed by atoms with Gasteiger partial charge in [-0.15, -0.1) is 0 Å². The molecule has 1 fully saturated rings. The molecule has 1 aliphatic rings. The van der Waals surface area contributed by atoms with Gasteiger partial charge >= 0.3 is 0 Å². The number of amides is 1. The first-order valence-corrected chi connectivity index (χ1v) is 5.43. The van der Waals surface area contributed by atoms with Gasteiger partial charge in [-0.1, -0.05) is 13.8 Å². The Morgan fingerprint density at radius 1 is 1.53 bits per heavy atom. The van der Waals surface area contributed by atoms with Crippen molar-refractivity contribution in [1.82, 2.24) is 4.90 Å². The highest BCUT2D eigenvalue weighted by Gasteiger charge is 2.45. The zero-order valence-electron chi connectivity index (χ0n) is 10.1. The molecule has 0 aromatic carbocycles. The molecule has 1 heterocycles. The van der Waals surface area contributed by atoms with Crippen molar-refractivity contribution in [3.8, 4) is 0 Å². The monoisotopic (exact) mass is 214 g/mol. The molecule has 88 valence electrons. The molecule has 0 bridgehead atoms. The van der Waals surface area contributed by atoms with Crippen LogP contribution >= 0.6 is 0 Å². The second kappa shape index (κ2) is 3.76. The molecular weight excluding hydrogens is 192 g/mol. The standard InChI is InChI=1S/C11H22N2O2/c1-8(2)11(15)6-13(7-11)9(14)5-10(3,4)12/h8,15H,5-7,12H2,1-4H3.